The van der Waals surface area contributed by atoms with Crippen molar-refractivity contribution in [3.63, 3.8) is 0 Å². The summed E-state index contributed by atoms with van der Waals surface area (Å²) in [4.78, 5) is 0. The van der Waals surface area contributed by atoms with Gasteiger partial charge in [-0.15, -0.1) is 0 Å². The second-order valence-corrected chi connectivity index (χ2v) is 6.42. The summed E-state index contributed by atoms with van der Waals surface area (Å²) in [6.45, 7) is 13.1. The molecule has 2 unspecified atom stereocenters. The van der Waals surface area contributed by atoms with Crippen LogP contribution in [0.1, 0.15) is 55.0 Å². The average molecular weight is 275 g/mol. The Morgan fingerprint density at radius 2 is 1.60 bits per heavy atom. The van der Waals surface area contributed by atoms with Gasteiger partial charge in [-0.2, -0.15) is 0 Å². The number of hydrogen-bond donors (Lipinski definition) is 1. The summed E-state index contributed by atoms with van der Waals surface area (Å²) in [7, 11) is 0. The van der Waals surface area contributed by atoms with E-state index in [-0.39, 0.29) is 0 Å². The lowest BCUT2D eigenvalue weighted by Crippen LogP contribution is -2.38. The minimum Gasteiger partial charge on any atom is -0.381 e. The monoisotopic (exact) mass is 275 g/mol. The van der Waals surface area contributed by atoms with Crippen LogP contribution in [0.25, 0.3) is 0 Å². The van der Waals surface area contributed by atoms with E-state index in [0.717, 1.165) is 19.1 Å². The van der Waals surface area contributed by atoms with Crippen LogP contribution in [-0.2, 0) is 4.74 Å². The molecule has 2 rings (SSSR count). The van der Waals surface area contributed by atoms with Gasteiger partial charge in [-0.3, -0.25) is 0 Å². The maximum Gasteiger partial charge on any atom is 0.0469 e. The number of nitrogens with one attached hydrogen (secondary N) is 1. The number of rotatable bonds is 4. The first-order valence-electron chi connectivity index (χ1n) is 7.90. The second-order valence-electron chi connectivity index (χ2n) is 6.42. The van der Waals surface area contributed by atoms with Crippen LogP contribution >= 0.6 is 0 Å². The van der Waals surface area contributed by atoms with Gasteiger partial charge >= 0.3 is 0 Å². The number of hydrogen-bond acceptors (Lipinski definition) is 2. The third kappa shape index (κ3) is 3.62. The van der Waals surface area contributed by atoms with Gasteiger partial charge in [-0.25, -0.2) is 0 Å². The summed E-state index contributed by atoms with van der Waals surface area (Å²) in [6, 6.07) is 5.61. The van der Waals surface area contributed by atoms with E-state index >= 15 is 0 Å². The zero-order valence-electron chi connectivity index (χ0n) is 13.6. The van der Waals surface area contributed by atoms with Crippen molar-refractivity contribution < 1.29 is 4.74 Å². The number of aryl methyl sites for hydroxylation is 3. The molecule has 112 valence electrons. The Balaban J connectivity index is 2.03. The molecule has 1 N–H and O–H groups in total. The highest BCUT2D eigenvalue weighted by atomic mass is 16.5. The van der Waals surface area contributed by atoms with Crippen molar-refractivity contribution in [1.29, 1.82) is 0 Å². The van der Waals surface area contributed by atoms with Gasteiger partial charge in [-0.05, 0) is 75.6 Å². The molecule has 0 aliphatic carbocycles. The molecular formula is C18H29NO. The van der Waals surface area contributed by atoms with Crippen LogP contribution in [-0.4, -0.2) is 19.3 Å². The van der Waals surface area contributed by atoms with Crippen LogP contribution in [0.15, 0.2) is 12.1 Å². The van der Waals surface area contributed by atoms with Crippen molar-refractivity contribution in [1.82, 2.24) is 5.32 Å². The highest BCUT2D eigenvalue weighted by molar-refractivity contribution is 5.38. The van der Waals surface area contributed by atoms with Crippen LogP contribution in [0.4, 0.5) is 0 Å². The molecule has 0 aromatic heterocycles. The fourth-order valence-corrected chi connectivity index (χ4v) is 3.29. The van der Waals surface area contributed by atoms with Gasteiger partial charge in [-0.1, -0.05) is 12.1 Å². The normalized spacial score (nSPS) is 19.9. The molecule has 1 aliphatic rings. The fraction of sp³-hybridized carbons (Fsp3) is 0.667. The molecule has 2 nitrogen and oxygen atoms in total. The van der Waals surface area contributed by atoms with Crippen LogP contribution in [0, 0.1) is 26.7 Å². The second kappa shape index (κ2) is 6.73. The maximum atomic E-state index is 5.46. The molecule has 0 amide bonds. The largest absolute Gasteiger partial charge is 0.381 e. The standard InChI is InChI=1S/C18H29NO/c1-12-10-14(3)18(11-13(12)2)16(5)19-15(4)17-6-8-20-9-7-17/h10-11,15-17,19H,6-9H2,1-5H3. The van der Waals surface area contributed by atoms with E-state index in [9.17, 15) is 0 Å². The molecule has 2 heteroatoms. The first-order chi connectivity index (χ1) is 9.49. The Kier molecular flexibility index (Phi) is 5.22. The van der Waals surface area contributed by atoms with Crippen LogP contribution < -0.4 is 5.32 Å². The fourth-order valence-electron chi connectivity index (χ4n) is 3.29. The smallest absolute Gasteiger partial charge is 0.0469 e. The zero-order chi connectivity index (χ0) is 14.7. The highest BCUT2D eigenvalue weighted by Crippen LogP contribution is 2.25. The first-order valence-corrected chi connectivity index (χ1v) is 7.90. The summed E-state index contributed by atoms with van der Waals surface area (Å²) in [5.74, 6) is 0.748. The minimum absolute atomic E-state index is 0.409. The molecule has 2 atom stereocenters. The lowest BCUT2D eigenvalue weighted by Gasteiger charge is -2.31. The Bertz CT molecular complexity index is 449. The third-order valence-electron chi connectivity index (χ3n) is 4.83. The molecule has 20 heavy (non-hydrogen) atoms. The van der Waals surface area contributed by atoms with Crippen LogP contribution in [0.5, 0.6) is 0 Å². The molecule has 1 heterocycles. The minimum atomic E-state index is 0.409. The Morgan fingerprint density at radius 1 is 1.00 bits per heavy atom. The molecule has 0 saturated carbocycles. The van der Waals surface area contributed by atoms with Gasteiger partial charge < -0.3 is 10.1 Å². The Hall–Kier alpha value is -0.860. The van der Waals surface area contributed by atoms with Crippen molar-refractivity contribution in [2.75, 3.05) is 13.2 Å². The van der Waals surface area contributed by atoms with Crippen molar-refractivity contribution in [3.8, 4) is 0 Å². The van der Waals surface area contributed by atoms with Gasteiger partial charge in [0.2, 0.25) is 0 Å². The highest BCUT2D eigenvalue weighted by Gasteiger charge is 2.22. The van der Waals surface area contributed by atoms with E-state index in [1.54, 1.807) is 0 Å². The first kappa shape index (κ1) is 15.5. The van der Waals surface area contributed by atoms with Crippen LogP contribution in [0.2, 0.25) is 0 Å². The SMILES string of the molecule is Cc1cc(C)c(C(C)NC(C)C2CCOCC2)cc1C. The van der Waals surface area contributed by atoms with E-state index in [2.05, 4.69) is 52.1 Å². The predicted molar refractivity (Wildman–Crippen MR) is 85.2 cm³/mol. The molecule has 1 aromatic rings. The molecule has 1 aliphatic heterocycles. The van der Waals surface area contributed by atoms with Gasteiger partial charge in [0.05, 0.1) is 0 Å². The zero-order valence-corrected chi connectivity index (χ0v) is 13.6. The number of ether oxygens (including phenoxy) is 1. The Morgan fingerprint density at radius 3 is 2.25 bits per heavy atom. The Labute approximate surface area is 123 Å². The molecule has 0 radical (unpaired) electrons. The van der Waals surface area contributed by atoms with Crippen molar-refractivity contribution in [2.45, 2.75) is 59.5 Å². The lowest BCUT2D eigenvalue weighted by atomic mass is 9.91. The molecule has 1 aromatic carbocycles. The molecule has 1 fully saturated rings. The summed E-state index contributed by atoms with van der Waals surface area (Å²) in [5.41, 5.74) is 5.60. The van der Waals surface area contributed by atoms with Gasteiger partial charge in [0.15, 0.2) is 0 Å². The summed E-state index contributed by atoms with van der Waals surface area (Å²) < 4.78 is 5.46. The van der Waals surface area contributed by atoms with E-state index in [1.165, 1.54) is 35.1 Å². The summed E-state index contributed by atoms with van der Waals surface area (Å²) >= 11 is 0. The van der Waals surface area contributed by atoms with Crippen molar-refractivity contribution in [3.05, 3.63) is 34.4 Å². The number of benzene rings is 1. The van der Waals surface area contributed by atoms with Crippen molar-refractivity contribution in [2.24, 2.45) is 5.92 Å². The quantitative estimate of drug-likeness (QED) is 0.894. The van der Waals surface area contributed by atoms with E-state index in [1.807, 2.05) is 0 Å². The topological polar surface area (TPSA) is 21.3 Å². The van der Waals surface area contributed by atoms with E-state index in [4.69, 9.17) is 4.74 Å². The predicted octanol–water partition coefficient (Wildman–Crippen LogP) is 4.08. The van der Waals surface area contributed by atoms with E-state index in [0.29, 0.717) is 12.1 Å². The lowest BCUT2D eigenvalue weighted by molar-refractivity contribution is 0.0547. The summed E-state index contributed by atoms with van der Waals surface area (Å²) in [5, 5.41) is 3.80. The van der Waals surface area contributed by atoms with Gasteiger partial charge in [0.25, 0.3) is 0 Å². The van der Waals surface area contributed by atoms with Gasteiger partial charge in [0.1, 0.15) is 0 Å². The molecule has 1 saturated heterocycles. The van der Waals surface area contributed by atoms with E-state index < -0.39 is 0 Å². The van der Waals surface area contributed by atoms with Crippen LogP contribution in [0.3, 0.4) is 0 Å². The molecule has 0 bridgehead atoms. The summed E-state index contributed by atoms with van der Waals surface area (Å²) in [6.07, 6.45) is 2.37. The molecular weight excluding hydrogens is 246 g/mol. The molecule has 0 spiro atoms. The van der Waals surface area contributed by atoms with Gasteiger partial charge in [0, 0.05) is 25.3 Å². The third-order valence-corrected chi connectivity index (χ3v) is 4.83. The van der Waals surface area contributed by atoms with Crippen molar-refractivity contribution >= 4 is 0 Å². The maximum absolute atomic E-state index is 5.46. The average Bonchev–Trinajstić information content (AvgIpc) is 2.43.